The lowest BCUT2D eigenvalue weighted by molar-refractivity contribution is -0.138. The van der Waals surface area contributed by atoms with Gasteiger partial charge >= 0.3 is 5.97 Å². The van der Waals surface area contributed by atoms with E-state index in [1.54, 1.807) is 6.07 Å². The van der Waals surface area contributed by atoms with E-state index < -0.39 is 11.9 Å². The number of ether oxygens (including phenoxy) is 2. The van der Waals surface area contributed by atoms with Crippen LogP contribution in [0.3, 0.4) is 0 Å². The molecule has 5 nitrogen and oxygen atoms in total. The number of benzene rings is 1. The maximum atomic E-state index is 11.2. The molecular weight excluding hydrogens is 222 g/mol. The number of hydrogen-bond acceptors (Lipinski definition) is 4. The van der Waals surface area contributed by atoms with Crippen LogP contribution >= 0.6 is 0 Å². The summed E-state index contributed by atoms with van der Waals surface area (Å²) in [6.07, 6.45) is 0. The first-order valence-corrected chi connectivity index (χ1v) is 5.38. The average Bonchev–Trinajstić information content (AvgIpc) is 2.77. The molecule has 1 atom stereocenters. The van der Waals surface area contributed by atoms with Crippen molar-refractivity contribution in [2.45, 2.75) is 19.1 Å². The number of nitrogens with two attached hydrogens (primary N) is 1. The van der Waals surface area contributed by atoms with Crippen LogP contribution in [0.1, 0.15) is 22.6 Å². The van der Waals surface area contributed by atoms with Gasteiger partial charge in [-0.15, -0.1) is 0 Å². The third kappa shape index (κ3) is 1.99. The Morgan fingerprint density at radius 1 is 1.59 bits per heavy atom. The highest BCUT2D eigenvalue weighted by Gasteiger charge is 2.28. The molecular formula is C12H15NO4. The molecule has 0 radical (unpaired) electrons. The van der Waals surface area contributed by atoms with Crippen LogP contribution in [0.2, 0.25) is 0 Å². The first-order valence-electron chi connectivity index (χ1n) is 5.38. The van der Waals surface area contributed by atoms with Crippen molar-refractivity contribution < 1.29 is 19.4 Å². The molecule has 17 heavy (non-hydrogen) atoms. The number of methoxy groups -OCH3 is 1. The Hall–Kier alpha value is -1.59. The van der Waals surface area contributed by atoms with E-state index in [1.807, 2.05) is 6.07 Å². The van der Waals surface area contributed by atoms with Crippen molar-refractivity contribution in [2.24, 2.45) is 5.73 Å². The van der Waals surface area contributed by atoms with Gasteiger partial charge in [-0.3, -0.25) is 4.79 Å². The number of hydrogen-bond donors (Lipinski definition) is 2. The van der Waals surface area contributed by atoms with Gasteiger partial charge in [-0.1, -0.05) is 6.07 Å². The van der Waals surface area contributed by atoms with Crippen LogP contribution in [-0.2, 0) is 22.7 Å². The Labute approximate surface area is 99.1 Å². The topological polar surface area (TPSA) is 81.8 Å². The molecule has 1 aliphatic rings. The second-order valence-electron chi connectivity index (χ2n) is 3.94. The van der Waals surface area contributed by atoms with E-state index in [4.69, 9.17) is 15.2 Å². The Kier molecular flexibility index (Phi) is 3.31. The first kappa shape index (κ1) is 11.9. The standard InChI is InChI=1S/C12H15NO4/c1-16-10-3-2-7-5-17-6-9(7)11(10)8(4-13)12(14)15/h2-3,8H,4-6,13H2,1H3,(H,14,15). The van der Waals surface area contributed by atoms with Gasteiger partial charge in [0.15, 0.2) is 0 Å². The van der Waals surface area contributed by atoms with Crippen LogP contribution in [0.25, 0.3) is 0 Å². The smallest absolute Gasteiger partial charge is 0.312 e. The lowest BCUT2D eigenvalue weighted by atomic mass is 9.91. The summed E-state index contributed by atoms with van der Waals surface area (Å²) < 4.78 is 10.6. The minimum atomic E-state index is -0.939. The molecule has 1 unspecified atom stereocenters. The van der Waals surface area contributed by atoms with Crippen molar-refractivity contribution in [1.29, 1.82) is 0 Å². The van der Waals surface area contributed by atoms with E-state index in [-0.39, 0.29) is 6.54 Å². The molecule has 92 valence electrons. The summed E-state index contributed by atoms with van der Waals surface area (Å²) in [7, 11) is 1.52. The summed E-state index contributed by atoms with van der Waals surface area (Å²) in [4.78, 5) is 11.2. The largest absolute Gasteiger partial charge is 0.496 e. The highest BCUT2D eigenvalue weighted by Crippen LogP contribution is 2.35. The molecule has 1 aliphatic heterocycles. The molecule has 0 saturated carbocycles. The number of carboxylic acids is 1. The fraction of sp³-hybridized carbons (Fsp3) is 0.417. The quantitative estimate of drug-likeness (QED) is 0.811. The van der Waals surface area contributed by atoms with E-state index in [9.17, 15) is 9.90 Å². The van der Waals surface area contributed by atoms with E-state index >= 15 is 0 Å². The lowest BCUT2D eigenvalue weighted by Crippen LogP contribution is -2.23. The summed E-state index contributed by atoms with van der Waals surface area (Å²) in [5.41, 5.74) is 8.12. The number of aliphatic carboxylic acids is 1. The van der Waals surface area contributed by atoms with E-state index in [1.165, 1.54) is 7.11 Å². The van der Waals surface area contributed by atoms with Crippen LogP contribution in [0.5, 0.6) is 5.75 Å². The highest BCUT2D eigenvalue weighted by molar-refractivity contribution is 5.78. The van der Waals surface area contributed by atoms with E-state index in [0.717, 1.165) is 11.1 Å². The zero-order valence-electron chi connectivity index (χ0n) is 9.60. The fourth-order valence-electron chi connectivity index (χ4n) is 2.16. The third-order valence-corrected chi connectivity index (χ3v) is 3.02. The Bertz CT molecular complexity index is 444. The van der Waals surface area contributed by atoms with Gasteiger partial charge in [0, 0.05) is 12.1 Å². The van der Waals surface area contributed by atoms with Gasteiger partial charge < -0.3 is 20.3 Å². The van der Waals surface area contributed by atoms with Crippen LogP contribution < -0.4 is 10.5 Å². The molecule has 1 aromatic carbocycles. The zero-order chi connectivity index (χ0) is 12.4. The van der Waals surface area contributed by atoms with Crippen molar-refractivity contribution in [3.8, 4) is 5.75 Å². The van der Waals surface area contributed by atoms with Gasteiger partial charge in [0.25, 0.3) is 0 Å². The lowest BCUT2D eigenvalue weighted by Gasteiger charge is -2.17. The second kappa shape index (κ2) is 4.73. The van der Waals surface area contributed by atoms with E-state index in [0.29, 0.717) is 24.5 Å². The van der Waals surface area contributed by atoms with Gasteiger partial charge in [0.2, 0.25) is 0 Å². The van der Waals surface area contributed by atoms with E-state index in [2.05, 4.69) is 0 Å². The van der Waals surface area contributed by atoms with Gasteiger partial charge in [0.05, 0.1) is 26.2 Å². The van der Waals surface area contributed by atoms with Gasteiger partial charge in [0.1, 0.15) is 5.75 Å². The number of rotatable bonds is 4. The summed E-state index contributed by atoms with van der Waals surface area (Å²) in [5, 5.41) is 9.20. The predicted octanol–water partition coefficient (Wildman–Crippen LogP) is 0.852. The SMILES string of the molecule is COc1ccc2c(c1C(CN)C(=O)O)COC2. The van der Waals surface area contributed by atoms with Crippen LogP contribution in [0, 0.1) is 0 Å². The zero-order valence-corrected chi connectivity index (χ0v) is 9.60. The predicted molar refractivity (Wildman–Crippen MR) is 60.9 cm³/mol. The van der Waals surface area contributed by atoms with Gasteiger partial charge in [-0.25, -0.2) is 0 Å². The molecule has 0 spiro atoms. The molecule has 0 amide bonds. The maximum absolute atomic E-state index is 11.2. The van der Waals surface area contributed by atoms with Crippen LogP contribution in [0.15, 0.2) is 12.1 Å². The maximum Gasteiger partial charge on any atom is 0.312 e. The normalized spacial score (nSPS) is 15.4. The molecule has 0 saturated heterocycles. The number of carboxylic acid groups (broad SMARTS) is 1. The molecule has 0 bridgehead atoms. The van der Waals surface area contributed by atoms with Crippen LogP contribution in [0.4, 0.5) is 0 Å². The molecule has 0 aliphatic carbocycles. The molecule has 5 heteroatoms. The first-order chi connectivity index (χ1) is 8.19. The summed E-state index contributed by atoms with van der Waals surface area (Å²) in [6, 6.07) is 3.68. The van der Waals surface area contributed by atoms with Gasteiger partial charge in [-0.05, 0) is 17.2 Å². The molecule has 3 N–H and O–H groups in total. The molecule has 2 rings (SSSR count). The number of carbonyl (C=O) groups is 1. The minimum Gasteiger partial charge on any atom is -0.496 e. The number of fused-ring (bicyclic) bond motifs is 1. The average molecular weight is 237 g/mol. The molecule has 1 heterocycles. The van der Waals surface area contributed by atoms with Crippen molar-refractivity contribution in [3.05, 3.63) is 28.8 Å². The van der Waals surface area contributed by atoms with Crippen molar-refractivity contribution in [3.63, 3.8) is 0 Å². The molecule has 0 aromatic heterocycles. The van der Waals surface area contributed by atoms with Crippen LogP contribution in [-0.4, -0.2) is 24.7 Å². The van der Waals surface area contributed by atoms with Crippen molar-refractivity contribution in [2.75, 3.05) is 13.7 Å². The van der Waals surface area contributed by atoms with Crippen molar-refractivity contribution in [1.82, 2.24) is 0 Å². The monoisotopic (exact) mass is 237 g/mol. The summed E-state index contributed by atoms with van der Waals surface area (Å²) in [6.45, 7) is 0.983. The summed E-state index contributed by atoms with van der Waals surface area (Å²) in [5.74, 6) is -1.13. The van der Waals surface area contributed by atoms with Gasteiger partial charge in [-0.2, -0.15) is 0 Å². The third-order valence-electron chi connectivity index (χ3n) is 3.02. The highest BCUT2D eigenvalue weighted by atomic mass is 16.5. The molecule has 0 fully saturated rings. The molecule has 1 aromatic rings. The fourth-order valence-corrected chi connectivity index (χ4v) is 2.16. The Morgan fingerprint density at radius 3 is 2.94 bits per heavy atom. The van der Waals surface area contributed by atoms with Crippen molar-refractivity contribution >= 4 is 5.97 Å². The Morgan fingerprint density at radius 2 is 2.35 bits per heavy atom. The Balaban J connectivity index is 2.56. The summed E-state index contributed by atoms with van der Waals surface area (Å²) >= 11 is 0. The minimum absolute atomic E-state index is 0.0438. The second-order valence-corrected chi connectivity index (χ2v) is 3.94.